The van der Waals surface area contributed by atoms with Crippen LogP contribution in [-0.4, -0.2) is 53.5 Å². The summed E-state index contributed by atoms with van der Waals surface area (Å²) >= 11 is 0. The molecule has 2 aromatic carbocycles. The molecule has 3 aromatic rings. The van der Waals surface area contributed by atoms with E-state index in [2.05, 4.69) is 20.9 Å². The van der Waals surface area contributed by atoms with Crippen LogP contribution in [0.15, 0.2) is 61.1 Å². The second-order valence-electron chi connectivity index (χ2n) is 8.28. The number of aromatic nitrogens is 2. The first-order valence-corrected chi connectivity index (χ1v) is 11.7. The topological polar surface area (TPSA) is 114 Å². The van der Waals surface area contributed by atoms with Gasteiger partial charge in [0.1, 0.15) is 5.75 Å². The van der Waals surface area contributed by atoms with E-state index in [-0.39, 0.29) is 24.3 Å². The van der Waals surface area contributed by atoms with Crippen molar-refractivity contribution >= 4 is 17.7 Å². The maximum absolute atomic E-state index is 12.6. The third-order valence-corrected chi connectivity index (χ3v) is 5.66. The van der Waals surface area contributed by atoms with E-state index in [4.69, 9.17) is 4.74 Å². The zero-order chi connectivity index (χ0) is 24.5. The summed E-state index contributed by atoms with van der Waals surface area (Å²) in [6.07, 6.45) is 5.56. The van der Waals surface area contributed by atoms with Crippen molar-refractivity contribution in [3.8, 4) is 11.4 Å². The van der Waals surface area contributed by atoms with Crippen LogP contribution in [0.3, 0.4) is 0 Å². The molecule has 0 atom stereocenters. The minimum Gasteiger partial charge on any atom is -0.483 e. The predicted octanol–water partition coefficient (Wildman–Crippen LogP) is 1.79. The van der Waals surface area contributed by atoms with Crippen LogP contribution in [0, 0.1) is 0 Å². The molecular formula is C26H29N5O4. The summed E-state index contributed by atoms with van der Waals surface area (Å²) in [6, 6.07) is 14.7. The van der Waals surface area contributed by atoms with Crippen LogP contribution in [0.5, 0.6) is 5.75 Å². The van der Waals surface area contributed by atoms with Crippen LogP contribution in [0.25, 0.3) is 5.69 Å². The SMILES string of the molecule is O=C1CCc2ccccc2OCC(=O)NCCc2cn(cn2)-c2cccc(c2)C(=O)NCCCN1. The minimum atomic E-state index is -0.228. The summed E-state index contributed by atoms with van der Waals surface area (Å²) < 4.78 is 7.57. The molecule has 0 unspecified atom stereocenters. The standard InChI is InChI=1S/C26H29N5O4/c32-24-10-9-19-5-1-2-8-23(19)35-17-25(33)28-14-11-21-16-31(18-30-21)22-7-3-6-20(15-22)26(34)29-13-4-12-27-24/h1-3,5-8,15-16,18H,4,9-14,17H2,(H,27,32)(H,28,33)(H,29,34). The Morgan fingerprint density at radius 1 is 0.829 bits per heavy atom. The summed E-state index contributed by atoms with van der Waals surface area (Å²) in [5.41, 5.74) is 3.06. The number of carbonyl (C=O) groups is 3. The number of ether oxygens (including phenoxy) is 1. The van der Waals surface area contributed by atoms with Crippen LogP contribution in [0.1, 0.15) is 34.5 Å². The summed E-state index contributed by atoms with van der Waals surface area (Å²) in [4.78, 5) is 41.5. The molecule has 4 rings (SSSR count). The lowest BCUT2D eigenvalue weighted by Crippen LogP contribution is -2.31. The molecule has 3 amide bonds. The van der Waals surface area contributed by atoms with Crippen LogP contribution in [0.4, 0.5) is 0 Å². The Hall–Kier alpha value is -4.14. The fourth-order valence-electron chi connectivity index (χ4n) is 3.77. The third-order valence-electron chi connectivity index (χ3n) is 5.66. The first-order chi connectivity index (χ1) is 17.1. The van der Waals surface area contributed by atoms with Crippen molar-refractivity contribution in [1.29, 1.82) is 0 Å². The van der Waals surface area contributed by atoms with Gasteiger partial charge in [-0.05, 0) is 42.7 Å². The number of carbonyl (C=O) groups excluding carboxylic acids is 3. The molecule has 3 N–H and O–H groups in total. The van der Waals surface area contributed by atoms with E-state index in [1.807, 2.05) is 41.1 Å². The number of hydrogen-bond acceptors (Lipinski definition) is 5. The second kappa shape index (κ2) is 11.8. The first kappa shape index (κ1) is 24.0. The summed E-state index contributed by atoms with van der Waals surface area (Å²) in [7, 11) is 0. The lowest BCUT2D eigenvalue weighted by Gasteiger charge is -2.12. The summed E-state index contributed by atoms with van der Waals surface area (Å²) in [6.45, 7) is 1.24. The van der Waals surface area contributed by atoms with Crippen LogP contribution in [-0.2, 0) is 22.4 Å². The van der Waals surface area contributed by atoms with Crippen LogP contribution < -0.4 is 20.7 Å². The predicted molar refractivity (Wildman–Crippen MR) is 130 cm³/mol. The van der Waals surface area contributed by atoms with Crippen molar-refractivity contribution in [2.45, 2.75) is 25.7 Å². The molecule has 0 fully saturated rings. The molecule has 1 aromatic heterocycles. The molecule has 9 nitrogen and oxygen atoms in total. The highest BCUT2D eigenvalue weighted by molar-refractivity contribution is 5.94. The zero-order valence-corrected chi connectivity index (χ0v) is 19.5. The Kier molecular flexibility index (Phi) is 8.11. The van der Waals surface area contributed by atoms with E-state index < -0.39 is 0 Å². The number of nitrogens with one attached hydrogen (secondary N) is 3. The molecule has 0 saturated heterocycles. The Labute approximate surface area is 203 Å². The van der Waals surface area contributed by atoms with E-state index >= 15 is 0 Å². The van der Waals surface area contributed by atoms with Gasteiger partial charge in [0.25, 0.3) is 11.8 Å². The van der Waals surface area contributed by atoms with Crippen LogP contribution in [0.2, 0.25) is 0 Å². The maximum Gasteiger partial charge on any atom is 0.257 e. The minimum absolute atomic E-state index is 0.0746. The smallest absolute Gasteiger partial charge is 0.257 e. The highest BCUT2D eigenvalue weighted by atomic mass is 16.5. The molecule has 35 heavy (non-hydrogen) atoms. The van der Waals surface area contributed by atoms with Gasteiger partial charge in [0.2, 0.25) is 5.91 Å². The first-order valence-electron chi connectivity index (χ1n) is 11.7. The molecule has 0 aliphatic carbocycles. The monoisotopic (exact) mass is 475 g/mol. The number of aryl methyl sites for hydroxylation is 1. The van der Waals surface area contributed by atoms with Gasteiger partial charge >= 0.3 is 0 Å². The Morgan fingerprint density at radius 3 is 2.57 bits per heavy atom. The average Bonchev–Trinajstić information content (AvgIpc) is 3.35. The normalized spacial score (nSPS) is 16.2. The molecule has 0 saturated carbocycles. The number of para-hydroxylation sites is 1. The van der Waals surface area contributed by atoms with Crippen LogP contribution >= 0.6 is 0 Å². The average molecular weight is 476 g/mol. The molecule has 2 heterocycles. The van der Waals surface area contributed by atoms with E-state index in [9.17, 15) is 14.4 Å². The highest BCUT2D eigenvalue weighted by Crippen LogP contribution is 2.19. The lowest BCUT2D eigenvalue weighted by molar-refractivity contribution is -0.123. The van der Waals surface area contributed by atoms with E-state index in [1.54, 1.807) is 24.5 Å². The van der Waals surface area contributed by atoms with Gasteiger partial charge in [-0.25, -0.2) is 4.98 Å². The fraction of sp³-hybridized carbons (Fsp3) is 0.308. The molecule has 0 spiro atoms. The maximum atomic E-state index is 12.6. The quantitative estimate of drug-likeness (QED) is 0.459. The number of imidazole rings is 1. The Bertz CT molecular complexity index is 1190. The second-order valence-corrected chi connectivity index (χ2v) is 8.28. The van der Waals surface area contributed by atoms with Gasteiger partial charge in [0, 0.05) is 49.9 Å². The number of benzene rings is 2. The van der Waals surface area contributed by atoms with Gasteiger partial charge in [0.05, 0.1) is 12.0 Å². The molecule has 9 heteroatoms. The van der Waals surface area contributed by atoms with Crippen molar-refractivity contribution in [3.05, 3.63) is 77.9 Å². The largest absolute Gasteiger partial charge is 0.483 e. The van der Waals surface area contributed by atoms with E-state index in [1.165, 1.54) is 0 Å². The number of hydrogen-bond donors (Lipinski definition) is 3. The molecule has 182 valence electrons. The van der Waals surface area contributed by atoms with E-state index in [0.717, 1.165) is 16.9 Å². The lowest BCUT2D eigenvalue weighted by atomic mass is 10.1. The van der Waals surface area contributed by atoms with Gasteiger partial charge in [-0.2, -0.15) is 0 Å². The van der Waals surface area contributed by atoms with Crippen molar-refractivity contribution < 1.29 is 19.1 Å². The molecule has 1 aliphatic rings. The summed E-state index contributed by atoms with van der Waals surface area (Å²) in [5, 5.41) is 8.62. The number of amides is 3. The molecule has 0 radical (unpaired) electrons. The van der Waals surface area contributed by atoms with Gasteiger partial charge in [-0.3, -0.25) is 14.4 Å². The summed E-state index contributed by atoms with van der Waals surface area (Å²) in [5.74, 6) is 0.122. The zero-order valence-electron chi connectivity index (χ0n) is 19.5. The Morgan fingerprint density at radius 2 is 1.66 bits per heavy atom. The number of rotatable bonds is 0. The van der Waals surface area contributed by atoms with Gasteiger partial charge < -0.3 is 25.3 Å². The molecule has 4 bridgehead atoms. The van der Waals surface area contributed by atoms with Crippen molar-refractivity contribution in [3.63, 3.8) is 0 Å². The number of nitrogens with zero attached hydrogens (tertiary/aromatic N) is 2. The highest BCUT2D eigenvalue weighted by Gasteiger charge is 2.11. The molecular weight excluding hydrogens is 446 g/mol. The Balaban J connectivity index is 1.45. The third kappa shape index (κ3) is 6.92. The van der Waals surface area contributed by atoms with Gasteiger partial charge in [-0.15, -0.1) is 0 Å². The fourth-order valence-corrected chi connectivity index (χ4v) is 3.77. The number of fused-ring (bicyclic) bond motifs is 6. The van der Waals surface area contributed by atoms with Crippen molar-refractivity contribution in [2.24, 2.45) is 0 Å². The van der Waals surface area contributed by atoms with Crippen molar-refractivity contribution in [2.75, 3.05) is 26.2 Å². The van der Waals surface area contributed by atoms with Gasteiger partial charge in [0.15, 0.2) is 6.61 Å². The van der Waals surface area contributed by atoms with E-state index in [0.29, 0.717) is 56.6 Å². The van der Waals surface area contributed by atoms with Crippen molar-refractivity contribution in [1.82, 2.24) is 25.5 Å². The molecule has 1 aliphatic heterocycles. The van der Waals surface area contributed by atoms with Gasteiger partial charge in [-0.1, -0.05) is 24.3 Å².